The number of rotatable bonds is 6. The molecule has 2 heterocycles. The van der Waals surface area contributed by atoms with Crippen molar-refractivity contribution in [3.63, 3.8) is 0 Å². The Balaban J connectivity index is 1.52. The molecule has 0 aliphatic carbocycles. The second-order valence-electron chi connectivity index (χ2n) is 6.98. The van der Waals surface area contributed by atoms with E-state index in [-0.39, 0.29) is 10.8 Å². The Morgan fingerprint density at radius 1 is 1.06 bits per heavy atom. The molecule has 2 N–H and O–H groups in total. The van der Waals surface area contributed by atoms with Crippen molar-refractivity contribution in [2.45, 2.75) is 18.4 Å². The Labute approximate surface area is 180 Å². The van der Waals surface area contributed by atoms with Gasteiger partial charge in [-0.05, 0) is 48.4 Å². The number of pyridine rings is 1. The highest BCUT2D eigenvalue weighted by Gasteiger charge is 2.20. The number of anilines is 1. The number of carbonyl (C=O) groups is 1. The Hall–Kier alpha value is -3.59. The molecule has 3 aromatic rings. The molecule has 160 valence electrons. The van der Waals surface area contributed by atoms with E-state index in [1.54, 1.807) is 43.6 Å². The summed E-state index contributed by atoms with van der Waals surface area (Å²) < 4.78 is 39.3. The molecular weight excluding hydrogens is 418 g/mol. The Morgan fingerprint density at radius 3 is 2.65 bits per heavy atom. The third kappa shape index (κ3) is 4.77. The standard InChI is InChI=1S/C22H21N3O5S/c1-15-4-5-17(22(26)24-14-16-3-2-8-23-13-16)11-19(15)25-31(27,28)18-6-7-20-21(12-18)30-10-9-29-20/h2-8,11-13,25H,9-10,14H2,1H3,(H,24,26). The van der Waals surface area contributed by atoms with E-state index in [1.165, 1.54) is 18.2 Å². The van der Waals surface area contributed by atoms with Crippen molar-refractivity contribution in [3.05, 3.63) is 77.6 Å². The molecule has 1 aliphatic heterocycles. The maximum absolute atomic E-state index is 12.9. The first-order chi connectivity index (χ1) is 14.9. The van der Waals surface area contributed by atoms with E-state index in [1.807, 2.05) is 6.07 Å². The van der Waals surface area contributed by atoms with Crippen LogP contribution in [0.15, 0.2) is 65.8 Å². The predicted molar refractivity (Wildman–Crippen MR) is 115 cm³/mol. The number of hydrogen-bond acceptors (Lipinski definition) is 6. The number of hydrogen-bond donors (Lipinski definition) is 2. The van der Waals surface area contributed by atoms with E-state index in [0.717, 1.165) is 5.56 Å². The molecule has 0 atom stereocenters. The maximum Gasteiger partial charge on any atom is 0.262 e. The van der Waals surface area contributed by atoms with Crippen molar-refractivity contribution in [1.82, 2.24) is 10.3 Å². The van der Waals surface area contributed by atoms with Gasteiger partial charge in [-0.1, -0.05) is 12.1 Å². The van der Waals surface area contributed by atoms with Crippen molar-refractivity contribution in [2.75, 3.05) is 17.9 Å². The van der Waals surface area contributed by atoms with Gasteiger partial charge in [-0.3, -0.25) is 14.5 Å². The van der Waals surface area contributed by atoms with Gasteiger partial charge in [0.05, 0.1) is 10.6 Å². The molecule has 31 heavy (non-hydrogen) atoms. The van der Waals surface area contributed by atoms with Gasteiger partial charge in [-0.15, -0.1) is 0 Å². The fourth-order valence-corrected chi connectivity index (χ4v) is 4.19. The van der Waals surface area contributed by atoms with Gasteiger partial charge in [0.25, 0.3) is 15.9 Å². The van der Waals surface area contributed by atoms with Gasteiger partial charge < -0.3 is 14.8 Å². The first kappa shape index (κ1) is 20.7. The summed E-state index contributed by atoms with van der Waals surface area (Å²) in [7, 11) is -3.89. The SMILES string of the molecule is Cc1ccc(C(=O)NCc2cccnc2)cc1NS(=O)(=O)c1ccc2c(c1)OCCO2. The van der Waals surface area contributed by atoms with Gasteiger partial charge in [-0.2, -0.15) is 0 Å². The summed E-state index contributed by atoms with van der Waals surface area (Å²) >= 11 is 0. The van der Waals surface area contributed by atoms with Gasteiger partial charge >= 0.3 is 0 Å². The first-order valence-electron chi connectivity index (χ1n) is 9.62. The molecule has 0 unspecified atom stereocenters. The summed E-state index contributed by atoms with van der Waals surface area (Å²) in [6.45, 7) is 2.86. The molecule has 9 heteroatoms. The van der Waals surface area contributed by atoms with Crippen molar-refractivity contribution in [3.8, 4) is 11.5 Å². The molecule has 0 radical (unpaired) electrons. The number of amides is 1. The molecule has 2 aromatic carbocycles. The Kier molecular flexibility index (Phi) is 5.77. The zero-order chi connectivity index (χ0) is 21.8. The van der Waals surface area contributed by atoms with Crippen LogP contribution in [-0.2, 0) is 16.6 Å². The normalized spacial score (nSPS) is 12.8. The monoisotopic (exact) mass is 439 g/mol. The maximum atomic E-state index is 12.9. The predicted octanol–water partition coefficient (Wildman–Crippen LogP) is 2.89. The van der Waals surface area contributed by atoms with E-state index in [0.29, 0.717) is 48.1 Å². The van der Waals surface area contributed by atoms with E-state index in [9.17, 15) is 13.2 Å². The summed E-state index contributed by atoms with van der Waals surface area (Å²) in [6, 6.07) is 13.0. The van der Waals surface area contributed by atoms with Crippen LogP contribution in [0.4, 0.5) is 5.69 Å². The smallest absolute Gasteiger partial charge is 0.262 e. The number of aryl methyl sites for hydroxylation is 1. The van der Waals surface area contributed by atoms with Crippen LogP contribution in [0, 0.1) is 6.92 Å². The lowest BCUT2D eigenvalue weighted by molar-refractivity contribution is 0.0951. The zero-order valence-corrected chi connectivity index (χ0v) is 17.6. The first-order valence-corrected chi connectivity index (χ1v) is 11.1. The molecule has 1 aromatic heterocycles. The molecule has 0 fully saturated rings. The van der Waals surface area contributed by atoms with Crippen molar-refractivity contribution >= 4 is 21.6 Å². The largest absolute Gasteiger partial charge is 0.486 e. The highest BCUT2D eigenvalue weighted by Crippen LogP contribution is 2.33. The van der Waals surface area contributed by atoms with E-state index in [2.05, 4.69) is 15.0 Å². The average molecular weight is 439 g/mol. The number of aromatic nitrogens is 1. The third-order valence-electron chi connectivity index (χ3n) is 4.74. The zero-order valence-electron chi connectivity index (χ0n) is 16.8. The van der Waals surface area contributed by atoms with Crippen LogP contribution in [0.5, 0.6) is 11.5 Å². The summed E-state index contributed by atoms with van der Waals surface area (Å²) in [5, 5.41) is 2.80. The highest BCUT2D eigenvalue weighted by atomic mass is 32.2. The number of nitrogens with one attached hydrogen (secondary N) is 2. The van der Waals surface area contributed by atoms with E-state index in [4.69, 9.17) is 9.47 Å². The number of ether oxygens (including phenoxy) is 2. The molecule has 1 amide bonds. The molecule has 0 spiro atoms. The van der Waals surface area contributed by atoms with Crippen LogP contribution in [0.3, 0.4) is 0 Å². The molecular formula is C22H21N3O5S. The number of nitrogens with zero attached hydrogens (tertiary/aromatic N) is 1. The molecule has 4 rings (SSSR count). The summed E-state index contributed by atoms with van der Waals surface area (Å²) in [5.74, 6) is 0.576. The second kappa shape index (κ2) is 8.65. The summed E-state index contributed by atoms with van der Waals surface area (Å²) in [6.07, 6.45) is 3.33. The minimum absolute atomic E-state index is 0.0441. The summed E-state index contributed by atoms with van der Waals surface area (Å²) in [5.41, 5.74) is 2.21. The molecule has 0 saturated heterocycles. The van der Waals surface area contributed by atoms with Crippen LogP contribution in [0.25, 0.3) is 0 Å². The Morgan fingerprint density at radius 2 is 1.87 bits per heavy atom. The van der Waals surface area contributed by atoms with Crippen molar-refractivity contribution in [1.29, 1.82) is 0 Å². The van der Waals surface area contributed by atoms with Gasteiger partial charge in [-0.25, -0.2) is 8.42 Å². The molecule has 0 saturated carbocycles. The fraction of sp³-hybridized carbons (Fsp3) is 0.182. The lowest BCUT2D eigenvalue weighted by Crippen LogP contribution is -2.23. The second-order valence-corrected chi connectivity index (χ2v) is 8.67. The van der Waals surface area contributed by atoms with E-state index < -0.39 is 10.0 Å². The number of sulfonamides is 1. The van der Waals surface area contributed by atoms with Crippen LogP contribution in [0.1, 0.15) is 21.5 Å². The lowest BCUT2D eigenvalue weighted by Gasteiger charge is -2.19. The minimum Gasteiger partial charge on any atom is -0.486 e. The van der Waals surface area contributed by atoms with Crippen LogP contribution in [0.2, 0.25) is 0 Å². The lowest BCUT2D eigenvalue weighted by atomic mass is 10.1. The number of carbonyl (C=O) groups excluding carboxylic acids is 1. The van der Waals surface area contributed by atoms with Crippen LogP contribution in [-0.4, -0.2) is 32.5 Å². The van der Waals surface area contributed by atoms with Gasteiger partial charge in [0.2, 0.25) is 0 Å². The molecule has 8 nitrogen and oxygen atoms in total. The number of fused-ring (bicyclic) bond motifs is 1. The third-order valence-corrected chi connectivity index (χ3v) is 6.11. The van der Waals surface area contributed by atoms with Crippen LogP contribution < -0.4 is 19.5 Å². The molecule has 1 aliphatic rings. The summed E-state index contributed by atoms with van der Waals surface area (Å²) in [4.78, 5) is 16.6. The number of benzene rings is 2. The highest BCUT2D eigenvalue weighted by molar-refractivity contribution is 7.92. The fourth-order valence-electron chi connectivity index (χ4n) is 3.05. The van der Waals surface area contributed by atoms with Gasteiger partial charge in [0.1, 0.15) is 13.2 Å². The topological polar surface area (TPSA) is 107 Å². The van der Waals surface area contributed by atoms with Gasteiger partial charge in [0.15, 0.2) is 11.5 Å². The molecule has 0 bridgehead atoms. The van der Waals surface area contributed by atoms with Gasteiger partial charge in [0, 0.05) is 30.6 Å². The minimum atomic E-state index is -3.89. The van der Waals surface area contributed by atoms with Crippen molar-refractivity contribution in [2.24, 2.45) is 0 Å². The Bertz CT molecular complexity index is 1210. The van der Waals surface area contributed by atoms with E-state index >= 15 is 0 Å². The average Bonchev–Trinajstić information content (AvgIpc) is 2.79. The quantitative estimate of drug-likeness (QED) is 0.612. The van der Waals surface area contributed by atoms with Crippen LogP contribution >= 0.6 is 0 Å². The van der Waals surface area contributed by atoms with Crippen molar-refractivity contribution < 1.29 is 22.7 Å².